The molecule has 1 atom stereocenters. The highest BCUT2D eigenvalue weighted by Crippen LogP contribution is 2.31. The van der Waals surface area contributed by atoms with E-state index in [1.807, 2.05) is 26.0 Å². The standard InChI is InChI=1S/C26H19N5O2/c1-15-11-20(16(2)29-21-10-6-5-9-19(21)26(32)33)25-22(12-15)30-23(14-28)24(31-25)18-8-4-3-7-17(18)13-27/h3-12,16,29H,1-2H3,(H,32,33)/t16-/m1/s1. The fraction of sp³-hybridized carbons (Fsp3) is 0.115. The Morgan fingerprint density at radius 3 is 2.48 bits per heavy atom. The van der Waals surface area contributed by atoms with Gasteiger partial charge in [-0.1, -0.05) is 36.4 Å². The Morgan fingerprint density at radius 1 is 1.03 bits per heavy atom. The Labute approximate surface area is 190 Å². The molecule has 0 bridgehead atoms. The van der Waals surface area contributed by atoms with Gasteiger partial charge in [-0.3, -0.25) is 0 Å². The Balaban J connectivity index is 1.90. The van der Waals surface area contributed by atoms with E-state index in [2.05, 4.69) is 22.4 Å². The minimum Gasteiger partial charge on any atom is -0.478 e. The molecule has 7 nitrogen and oxygen atoms in total. The second-order valence-electron chi connectivity index (χ2n) is 7.63. The Bertz CT molecular complexity index is 1480. The van der Waals surface area contributed by atoms with Crippen LogP contribution in [0.5, 0.6) is 0 Å². The first-order valence-electron chi connectivity index (χ1n) is 10.2. The fourth-order valence-electron chi connectivity index (χ4n) is 3.82. The van der Waals surface area contributed by atoms with E-state index in [9.17, 15) is 20.4 Å². The van der Waals surface area contributed by atoms with Crippen molar-refractivity contribution in [1.29, 1.82) is 10.5 Å². The van der Waals surface area contributed by atoms with Crippen molar-refractivity contribution >= 4 is 22.7 Å². The number of hydrogen-bond acceptors (Lipinski definition) is 6. The lowest BCUT2D eigenvalue weighted by atomic mass is 10.00. The predicted molar refractivity (Wildman–Crippen MR) is 125 cm³/mol. The summed E-state index contributed by atoms with van der Waals surface area (Å²) in [6, 6.07) is 21.4. The van der Waals surface area contributed by atoms with Gasteiger partial charge in [0.1, 0.15) is 11.8 Å². The molecule has 0 saturated carbocycles. The van der Waals surface area contributed by atoms with Crippen molar-refractivity contribution in [2.24, 2.45) is 0 Å². The highest BCUT2D eigenvalue weighted by Gasteiger charge is 2.19. The fourth-order valence-corrected chi connectivity index (χ4v) is 3.82. The number of para-hydroxylation sites is 1. The molecule has 0 spiro atoms. The van der Waals surface area contributed by atoms with E-state index in [1.165, 1.54) is 0 Å². The minimum atomic E-state index is -1.02. The van der Waals surface area contributed by atoms with Gasteiger partial charge in [-0.2, -0.15) is 10.5 Å². The third kappa shape index (κ3) is 4.08. The van der Waals surface area contributed by atoms with Crippen molar-refractivity contribution in [3.8, 4) is 23.4 Å². The van der Waals surface area contributed by atoms with Gasteiger partial charge in [-0.15, -0.1) is 0 Å². The average molecular weight is 433 g/mol. The smallest absolute Gasteiger partial charge is 0.337 e. The van der Waals surface area contributed by atoms with Crippen molar-refractivity contribution in [3.63, 3.8) is 0 Å². The van der Waals surface area contributed by atoms with Gasteiger partial charge >= 0.3 is 5.97 Å². The number of fused-ring (bicyclic) bond motifs is 1. The molecule has 1 aromatic heterocycles. The summed E-state index contributed by atoms with van der Waals surface area (Å²) in [4.78, 5) is 21.0. The third-order valence-corrected chi connectivity index (χ3v) is 5.35. The van der Waals surface area contributed by atoms with Gasteiger partial charge in [0.25, 0.3) is 0 Å². The number of hydrogen-bond donors (Lipinski definition) is 2. The zero-order chi connectivity index (χ0) is 23.5. The second kappa shape index (κ2) is 8.78. The van der Waals surface area contributed by atoms with Crippen LogP contribution in [-0.2, 0) is 0 Å². The topological polar surface area (TPSA) is 123 Å². The summed E-state index contributed by atoms with van der Waals surface area (Å²) in [5.41, 5.74) is 4.94. The number of carboxylic acids is 1. The lowest BCUT2D eigenvalue weighted by Crippen LogP contribution is -2.12. The molecule has 160 valence electrons. The molecule has 4 rings (SSSR count). The van der Waals surface area contributed by atoms with Crippen LogP contribution in [0.25, 0.3) is 22.3 Å². The molecule has 1 heterocycles. The van der Waals surface area contributed by atoms with E-state index in [4.69, 9.17) is 4.98 Å². The summed E-state index contributed by atoms with van der Waals surface area (Å²) in [5, 5.41) is 32.0. The first kappa shape index (κ1) is 21.5. The maximum absolute atomic E-state index is 11.6. The number of nitriles is 2. The van der Waals surface area contributed by atoms with E-state index in [0.717, 1.165) is 11.1 Å². The Hall–Kier alpha value is -4.75. The van der Waals surface area contributed by atoms with Crippen LogP contribution in [0.1, 0.15) is 45.7 Å². The Kier molecular flexibility index (Phi) is 5.71. The molecule has 3 aromatic carbocycles. The molecule has 0 aliphatic rings. The molecule has 0 unspecified atom stereocenters. The molecular weight excluding hydrogens is 414 g/mol. The molecule has 0 amide bonds. The van der Waals surface area contributed by atoms with Crippen LogP contribution in [0.3, 0.4) is 0 Å². The summed E-state index contributed by atoms with van der Waals surface area (Å²) in [5.74, 6) is -1.02. The molecule has 2 N–H and O–H groups in total. The summed E-state index contributed by atoms with van der Waals surface area (Å²) < 4.78 is 0. The number of aromatic nitrogens is 2. The quantitative estimate of drug-likeness (QED) is 0.442. The van der Waals surface area contributed by atoms with Gasteiger partial charge < -0.3 is 10.4 Å². The van der Waals surface area contributed by atoms with Crippen LogP contribution in [0.2, 0.25) is 0 Å². The normalized spacial score (nSPS) is 11.4. The molecule has 0 aliphatic carbocycles. The molecule has 0 fully saturated rings. The summed E-state index contributed by atoms with van der Waals surface area (Å²) >= 11 is 0. The number of carboxylic acid groups (broad SMARTS) is 1. The van der Waals surface area contributed by atoms with Crippen molar-refractivity contribution in [2.45, 2.75) is 19.9 Å². The first-order chi connectivity index (χ1) is 15.9. The number of nitrogens with one attached hydrogen (secondary N) is 1. The van der Waals surface area contributed by atoms with Crippen LogP contribution in [0.15, 0.2) is 60.7 Å². The minimum absolute atomic E-state index is 0.138. The van der Waals surface area contributed by atoms with E-state index in [0.29, 0.717) is 33.5 Å². The van der Waals surface area contributed by atoms with Gasteiger partial charge in [-0.05, 0) is 43.7 Å². The Morgan fingerprint density at radius 2 is 1.76 bits per heavy atom. The van der Waals surface area contributed by atoms with Gasteiger partial charge in [-0.25, -0.2) is 14.8 Å². The van der Waals surface area contributed by atoms with Crippen molar-refractivity contribution < 1.29 is 9.90 Å². The third-order valence-electron chi connectivity index (χ3n) is 5.35. The zero-order valence-corrected chi connectivity index (χ0v) is 18.0. The molecular formula is C26H19N5O2. The highest BCUT2D eigenvalue weighted by molar-refractivity contribution is 5.94. The van der Waals surface area contributed by atoms with Gasteiger partial charge in [0, 0.05) is 16.8 Å². The second-order valence-corrected chi connectivity index (χ2v) is 7.63. The SMILES string of the molecule is Cc1cc([C@@H](C)Nc2ccccc2C(=O)O)c2nc(-c3ccccc3C#N)c(C#N)nc2c1. The van der Waals surface area contributed by atoms with Crippen LogP contribution in [-0.4, -0.2) is 21.0 Å². The van der Waals surface area contributed by atoms with Crippen molar-refractivity contribution in [3.05, 3.63) is 88.6 Å². The molecule has 7 heteroatoms. The molecule has 0 aliphatic heterocycles. The van der Waals surface area contributed by atoms with E-state index in [1.54, 1.807) is 48.5 Å². The number of carbonyl (C=O) groups is 1. The van der Waals surface area contributed by atoms with E-state index < -0.39 is 5.97 Å². The summed E-state index contributed by atoms with van der Waals surface area (Å²) in [6.07, 6.45) is 0. The van der Waals surface area contributed by atoms with Crippen LogP contribution in [0.4, 0.5) is 5.69 Å². The van der Waals surface area contributed by atoms with Gasteiger partial charge in [0.15, 0.2) is 5.69 Å². The number of benzene rings is 3. The zero-order valence-electron chi connectivity index (χ0n) is 18.0. The predicted octanol–water partition coefficient (Wildman–Crippen LogP) is 5.22. The molecule has 33 heavy (non-hydrogen) atoms. The summed E-state index contributed by atoms with van der Waals surface area (Å²) in [6.45, 7) is 3.84. The number of aryl methyl sites for hydroxylation is 1. The molecule has 0 radical (unpaired) electrons. The van der Waals surface area contributed by atoms with E-state index in [-0.39, 0.29) is 17.3 Å². The largest absolute Gasteiger partial charge is 0.478 e. The number of nitrogens with zero attached hydrogens (tertiary/aromatic N) is 4. The monoisotopic (exact) mass is 433 g/mol. The number of aromatic carboxylic acids is 1. The van der Waals surface area contributed by atoms with Crippen LogP contribution >= 0.6 is 0 Å². The summed E-state index contributed by atoms with van der Waals surface area (Å²) in [7, 11) is 0. The van der Waals surface area contributed by atoms with E-state index >= 15 is 0 Å². The van der Waals surface area contributed by atoms with Crippen molar-refractivity contribution in [1.82, 2.24) is 9.97 Å². The number of rotatable bonds is 5. The number of anilines is 1. The van der Waals surface area contributed by atoms with Crippen LogP contribution in [0, 0.1) is 29.6 Å². The van der Waals surface area contributed by atoms with Crippen molar-refractivity contribution in [2.75, 3.05) is 5.32 Å². The maximum atomic E-state index is 11.6. The highest BCUT2D eigenvalue weighted by atomic mass is 16.4. The molecule has 4 aromatic rings. The molecule has 0 saturated heterocycles. The van der Waals surface area contributed by atoms with Crippen LogP contribution < -0.4 is 5.32 Å². The maximum Gasteiger partial charge on any atom is 0.337 e. The first-order valence-corrected chi connectivity index (χ1v) is 10.2. The van der Waals surface area contributed by atoms with Gasteiger partial charge in [0.05, 0.1) is 34.3 Å². The van der Waals surface area contributed by atoms with Gasteiger partial charge in [0.2, 0.25) is 0 Å². The average Bonchev–Trinajstić information content (AvgIpc) is 2.82. The lowest BCUT2D eigenvalue weighted by molar-refractivity contribution is 0.0698. The lowest BCUT2D eigenvalue weighted by Gasteiger charge is -2.20.